The van der Waals surface area contributed by atoms with Crippen molar-refractivity contribution in [2.45, 2.75) is 94.3 Å². The van der Waals surface area contributed by atoms with Gasteiger partial charge in [0, 0.05) is 35.4 Å². The number of hydrogen-bond acceptors (Lipinski definition) is 12. The van der Waals surface area contributed by atoms with E-state index in [4.69, 9.17) is 36.1 Å². The predicted octanol–water partition coefficient (Wildman–Crippen LogP) is 7.64. The van der Waals surface area contributed by atoms with Gasteiger partial charge in [0.25, 0.3) is 0 Å². The molecule has 2 atom stereocenters. The van der Waals surface area contributed by atoms with Crippen LogP contribution in [0.15, 0.2) is 71.0 Å². The highest BCUT2D eigenvalue weighted by molar-refractivity contribution is 7.59. The summed E-state index contributed by atoms with van der Waals surface area (Å²) in [6.45, 7) is 11.2. The number of carboxylic acids is 1. The van der Waals surface area contributed by atoms with Gasteiger partial charge in [-0.15, -0.1) is 0 Å². The maximum absolute atomic E-state index is 12.0. The Hall–Kier alpha value is -5.42. The number of nitrogens with zero attached hydrogens (tertiary/aromatic N) is 6. The molecular formula is C40H58N8O7S2. The second kappa shape index (κ2) is 24.3. The second-order valence-electron chi connectivity index (χ2n) is 12.8. The van der Waals surface area contributed by atoms with Crippen molar-refractivity contribution in [1.82, 2.24) is 19.9 Å². The number of carboxylic acid groups (broad SMARTS) is 1. The molecule has 2 aromatic carbocycles. The quantitative estimate of drug-likeness (QED) is 0.0375. The fraction of sp³-hybridized carbons (Fsp3) is 0.400. The van der Waals surface area contributed by atoms with Crippen LogP contribution in [-0.2, 0) is 4.84 Å². The van der Waals surface area contributed by atoms with Gasteiger partial charge in [-0.3, -0.25) is 0 Å². The minimum Gasteiger partial charge on any atom is -0.478 e. The second-order valence-corrected chi connectivity index (χ2v) is 12.8. The Bertz CT molecular complexity index is 1900. The number of oxime groups is 2. The first-order valence-corrected chi connectivity index (χ1v) is 17.2. The molecule has 4 aromatic rings. The van der Waals surface area contributed by atoms with Crippen LogP contribution in [0.4, 0.5) is 0 Å². The third-order valence-corrected chi connectivity index (χ3v) is 8.06. The molecule has 0 aliphatic heterocycles. The van der Waals surface area contributed by atoms with Crippen LogP contribution < -0.4 is 20.9 Å². The van der Waals surface area contributed by atoms with Gasteiger partial charge in [0.05, 0.1) is 11.1 Å². The number of amidine groups is 2. The van der Waals surface area contributed by atoms with Crippen molar-refractivity contribution >= 4 is 50.6 Å². The van der Waals surface area contributed by atoms with E-state index in [1.807, 2.05) is 53.7 Å². The smallest absolute Gasteiger partial charge is 0.365 e. The molecule has 0 bridgehead atoms. The Labute approximate surface area is 349 Å². The van der Waals surface area contributed by atoms with E-state index in [1.165, 1.54) is 0 Å². The highest BCUT2D eigenvalue weighted by atomic mass is 32.1. The van der Waals surface area contributed by atoms with Gasteiger partial charge in [-0.2, -0.15) is 37.0 Å². The van der Waals surface area contributed by atoms with Crippen LogP contribution in [0.3, 0.4) is 0 Å². The minimum atomic E-state index is -0.938. The summed E-state index contributed by atoms with van der Waals surface area (Å²) in [5.74, 6) is 2.32. The molecule has 2 heterocycles. The molecule has 57 heavy (non-hydrogen) atoms. The van der Waals surface area contributed by atoms with Crippen LogP contribution in [-0.4, -0.2) is 53.9 Å². The van der Waals surface area contributed by atoms with Gasteiger partial charge in [-0.05, 0) is 103 Å². The summed E-state index contributed by atoms with van der Waals surface area (Å²) in [6, 6.07) is 17.2. The van der Waals surface area contributed by atoms with Gasteiger partial charge in [-0.25, -0.2) is 19.6 Å². The van der Waals surface area contributed by atoms with E-state index in [0.29, 0.717) is 46.6 Å². The lowest BCUT2D eigenvalue weighted by Crippen LogP contribution is -2.15. The molecule has 0 amide bonds. The van der Waals surface area contributed by atoms with E-state index in [9.17, 15) is 9.59 Å². The van der Waals surface area contributed by atoms with Gasteiger partial charge in [-0.1, -0.05) is 49.4 Å². The van der Waals surface area contributed by atoms with Gasteiger partial charge in [0.15, 0.2) is 0 Å². The summed E-state index contributed by atoms with van der Waals surface area (Å²) in [5, 5.41) is 23.4. The molecule has 6 rings (SSSR count). The van der Waals surface area contributed by atoms with E-state index in [-0.39, 0.29) is 65.5 Å². The zero-order chi connectivity index (χ0) is 38.7. The Balaban J connectivity index is 0.000000902. The summed E-state index contributed by atoms with van der Waals surface area (Å²) in [4.78, 5) is 44.6. The Morgan fingerprint density at radius 3 is 1.40 bits per heavy atom. The topological polar surface area (TPSA) is 231 Å². The van der Waals surface area contributed by atoms with Crippen LogP contribution in [0.2, 0.25) is 0 Å². The minimum absolute atomic E-state index is 0. The highest BCUT2D eigenvalue weighted by Gasteiger charge is 2.27. The maximum Gasteiger partial charge on any atom is 0.365 e. The number of aryl methyl sites for hydroxylation is 4. The molecule has 0 radical (unpaired) electrons. The summed E-state index contributed by atoms with van der Waals surface area (Å²) in [5.41, 5.74) is 15.1. The van der Waals surface area contributed by atoms with Gasteiger partial charge >= 0.3 is 11.9 Å². The summed E-state index contributed by atoms with van der Waals surface area (Å²) < 4.78 is 11.6. The number of ether oxygens (including phenoxy) is 2. The van der Waals surface area contributed by atoms with E-state index >= 15 is 0 Å². The number of nitrogens with two attached hydrogens (primary N) is 2. The maximum atomic E-state index is 12.0. The number of rotatable bonds is 11. The molecule has 2 saturated carbocycles. The van der Waals surface area contributed by atoms with Crippen LogP contribution in [0.1, 0.15) is 121 Å². The fourth-order valence-corrected chi connectivity index (χ4v) is 4.83. The molecular weight excluding hydrogens is 769 g/mol. The summed E-state index contributed by atoms with van der Waals surface area (Å²) in [7, 11) is 0. The molecule has 312 valence electrons. The van der Waals surface area contributed by atoms with E-state index < -0.39 is 11.9 Å². The van der Waals surface area contributed by atoms with Crippen LogP contribution >= 0.6 is 27.0 Å². The lowest BCUT2D eigenvalue weighted by atomic mass is 10.1. The monoisotopic (exact) mass is 826 g/mol. The Morgan fingerprint density at radius 1 is 0.684 bits per heavy atom. The van der Waals surface area contributed by atoms with Crippen molar-refractivity contribution in [3.63, 3.8) is 0 Å². The zero-order valence-corrected chi connectivity index (χ0v) is 33.7. The molecule has 0 spiro atoms. The third-order valence-electron chi connectivity index (χ3n) is 8.06. The van der Waals surface area contributed by atoms with Crippen molar-refractivity contribution < 1.29 is 34.2 Å². The van der Waals surface area contributed by atoms with Gasteiger partial charge in [0.1, 0.15) is 35.5 Å². The van der Waals surface area contributed by atoms with Crippen molar-refractivity contribution in [3.05, 3.63) is 106 Å². The predicted molar refractivity (Wildman–Crippen MR) is 231 cm³/mol. The Morgan fingerprint density at radius 2 is 1.07 bits per heavy atom. The normalized spacial score (nSPS) is 14.0. The first-order valence-electron chi connectivity index (χ1n) is 17.2. The molecule has 17 heteroatoms. The van der Waals surface area contributed by atoms with Crippen LogP contribution in [0.25, 0.3) is 0 Å². The van der Waals surface area contributed by atoms with E-state index in [2.05, 4.69) is 30.2 Å². The molecule has 6 N–H and O–H groups in total. The third kappa shape index (κ3) is 17.1. The average molecular weight is 827 g/mol. The fourth-order valence-electron chi connectivity index (χ4n) is 4.83. The first kappa shape index (κ1) is 51.6. The largest absolute Gasteiger partial charge is 0.478 e. The molecule has 0 saturated heterocycles. The molecule has 2 aromatic heterocycles. The standard InChI is InChI=1S/C19H22N4O3.C15H16N2O3.C4H8N2O.2CH4.2H2S/c1-11-10-17(22-13(3)21-11)25-12(2)14-4-8-16(9-5-14)19(24)26-23-18(20)15-6-7-15;1-9-8-14(17-11(3)16-9)20-10(2)12-4-6-13(7-5-12)15(18)19;5-4(6-7)3-1-2-3;;;;/h4-5,8-10,12,15H,6-7H2,1-3H3,(H2,20,23);4-8,10H,1-3H3,(H,18,19);3,7H,1-2H2,(H2,5,6);2*1H4;2*1H2/t12-;10-;;;;;/m00...../s1. The SMILES string of the molecule is C.C.Cc1cc(O[C@@H](C)c2ccc(C(=O)O)cc2)nc(C)n1.Cc1cc(O[C@@H](C)c2ccc(C(=O)O/N=C(\N)C3CC3)cc2)nc(C)n1.N/C(=N\O)C1CC1.S.S. The van der Waals surface area contributed by atoms with Crippen molar-refractivity contribution in [3.8, 4) is 11.8 Å². The zero-order valence-electron chi connectivity index (χ0n) is 31.7. The number of hydrogen-bond donors (Lipinski definition) is 4. The van der Waals surface area contributed by atoms with Crippen molar-refractivity contribution in [2.75, 3.05) is 0 Å². The average Bonchev–Trinajstić information content (AvgIpc) is 4.04. The number of carbonyl (C=O) groups is 2. The number of aromatic nitrogens is 4. The Kier molecular flexibility index (Phi) is 22.0. The molecule has 2 aliphatic rings. The van der Waals surface area contributed by atoms with Gasteiger partial charge < -0.3 is 36.1 Å². The van der Waals surface area contributed by atoms with Crippen LogP contribution in [0.5, 0.6) is 11.8 Å². The highest BCUT2D eigenvalue weighted by Crippen LogP contribution is 2.29. The number of carbonyl (C=O) groups excluding carboxylic acids is 1. The summed E-state index contributed by atoms with van der Waals surface area (Å²) >= 11 is 0. The molecule has 2 fully saturated rings. The summed E-state index contributed by atoms with van der Waals surface area (Å²) in [6.07, 6.45) is 3.76. The van der Waals surface area contributed by atoms with E-state index in [0.717, 1.165) is 48.2 Å². The van der Waals surface area contributed by atoms with Gasteiger partial charge in [0.2, 0.25) is 11.8 Å². The number of aromatic carboxylic acids is 1. The lowest BCUT2D eigenvalue weighted by molar-refractivity contribution is 0.0513. The first-order chi connectivity index (χ1) is 25.2. The van der Waals surface area contributed by atoms with Crippen molar-refractivity contribution in [2.24, 2.45) is 33.6 Å². The van der Waals surface area contributed by atoms with Crippen LogP contribution in [0, 0.1) is 39.5 Å². The molecule has 15 nitrogen and oxygen atoms in total. The number of benzene rings is 2. The van der Waals surface area contributed by atoms with Crippen molar-refractivity contribution in [1.29, 1.82) is 0 Å². The molecule has 0 unspecified atom stereocenters. The molecule has 2 aliphatic carbocycles. The van der Waals surface area contributed by atoms with E-state index in [1.54, 1.807) is 48.5 Å². The lowest BCUT2D eigenvalue weighted by Gasteiger charge is -2.15.